The Morgan fingerprint density at radius 2 is 1.92 bits per heavy atom. The van der Waals surface area contributed by atoms with Crippen LogP contribution in [-0.2, 0) is 6.54 Å². The summed E-state index contributed by atoms with van der Waals surface area (Å²) < 4.78 is 12.6. The summed E-state index contributed by atoms with van der Waals surface area (Å²) in [7, 11) is 3.23. The summed E-state index contributed by atoms with van der Waals surface area (Å²) in [6.45, 7) is 2.44. The molecule has 0 fully saturated rings. The third kappa shape index (κ3) is 3.62. The van der Waals surface area contributed by atoms with Gasteiger partial charge < -0.3 is 25.6 Å². The summed E-state index contributed by atoms with van der Waals surface area (Å²) >= 11 is 0. The van der Waals surface area contributed by atoms with Crippen LogP contribution in [0.3, 0.4) is 0 Å². The fourth-order valence-electron chi connectivity index (χ4n) is 2.67. The van der Waals surface area contributed by atoms with Crippen LogP contribution in [0.15, 0.2) is 24.4 Å². The van der Waals surface area contributed by atoms with Crippen LogP contribution in [0.4, 0.5) is 11.8 Å². The van der Waals surface area contributed by atoms with Gasteiger partial charge in [0.15, 0.2) is 11.3 Å². The number of anilines is 2. The minimum absolute atomic E-state index is 0.139. The number of aliphatic hydroxyl groups excluding tert-OH is 1. The van der Waals surface area contributed by atoms with E-state index in [2.05, 4.69) is 20.4 Å². The lowest BCUT2D eigenvalue weighted by Gasteiger charge is -2.12. The molecule has 0 aliphatic heterocycles. The number of nitrogens with zero attached hydrogens (tertiary/aromatic N) is 4. The van der Waals surface area contributed by atoms with Gasteiger partial charge in [0.2, 0.25) is 5.95 Å². The summed E-state index contributed by atoms with van der Waals surface area (Å²) in [5, 5.41) is 17.1. The van der Waals surface area contributed by atoms with E-state index in [1.165, 1.54) is 0 Å². The lowest BCUT2D eigenvalue weighted by molar-refractivity contribution is 0.208. The molecule has 0 bridgehead atoms. The van der Waals surface area contributed by atoms with Gasteiger partial charge in [0.25, 0.3) is 0 Å². The number of aromatic nitrogens is 4. The molecule has 0 spiro atoms. The van der Waals surface area contributed by atoms with Crippen molar-refractivity contribution in [3.05, 3.63) is 30.0 Å². The largest absolute Gasteiger partial charge is 0.496 e. The molecule has 0 amide bonds. The van der Waals surface area contributed by atoms with Crippen molar-refractivity contribution in [3.8, 4) is 11.5 Å². The second kappa shape index (κ2) is 7.44. The number of methoxy groups -OCH3 is 2. The Morgan fingerprint density at radius 3 is 2.54 bits per heavy atom. The number of rotatable bonds is 7. The third-order valence-corrected chi connectivity index (χ3v) is 3.84. The van der Waals surface area contributed by atoms with Crippen molar-refractivity contribution in [2.24, 2.45) is 0 Å². The van der Waals surface area contributed by atoms with Crippen LogP contribution in [0.5, 0.6) is 11.5 Å². The number of hydrogen-bond acceptors (Lipinski definition) is 8. The van der Waals surface area contributed by atoms with Crippen LogP contribution < -0.4 is 20.5 Å². The summed E-state index contributed by atoms with van der Waals surface area (Å²) in [5.41, 5.74) is 7.84. The molecule has 0 saturated carbocycles. The molecule has 3 rings (SSSR count). The van der Waals surface area contributed by atoms with Crippen LogP contribution >= 0.6 is 0 Å². The van der Waals surface area contributed by atoms with E-state index in [4.69, 9.17) is 15.2 Å². The molecule has 0 radical (unpaired) electrons. The second-order valence-corrected chi connectivity index (χ2v) is 5.86. The van der Waals surface area contributed by atoms with Crippen LogP contribution in [-0.4, -0.2) is 51.7 Å². The van der Waals surface area contributed by atoms with Gasteiger partial charge in [0.1, 0.15) is 17.0 Å². The lowest BCUT2D eigenvalue weighted by Crippen LogP contribution is -2.17. The van der Waals surface area contributed by atoms with Gasteiger partial charge in [0, 0.05) is 6.54 Å². The Hall–Kier alpha value is -3.07. The molecule has 0 aliphatic carbocycles. The molecule has 0 aliphatic rings. The number of aliphatic hydroxyl groups is 1. The van der Waals surface area contributed by atoms with Crippen molar-refractivity contribution in [1.82, 2.24) is 19.7 Å². The zero-order chi connectivity index (χ0) is 18.7. The van der Waals surface area contributed by atoms with Gasteiger partial charge in [-0.2, -0.15) is 10.1 Å². The Kier molecular flexibility index (Phi) is 5.08. The van der Waals surface area contributed by atoms with Gasteiger partial charge in [-0.25, -0.2) is 4.98 Å². The zero-order valence-corrected chi connectivity index (χ0v) is 14.9. The average molecular weight is 358 g/mol. The maximum Gasteiger partial charge on any atom is 0.222 e. The minimum atomic E-state index is -0.527. The average Bonchev–Trinajstić information content (AvgIpc) is 3.02. The van der Waals surface area contributed by atoms with Crippen molar-refractivity contribution in [2.45, 2.75) is 19.6 Å². The lowest BCUT2D eigenvalue weighted by atomic mass is 10.1. The Bertz CT molecular complexity index is 887. The predicted octanol–water partition coefficient (Wildman–Crippen LogP) is 1.27. The number of benzene rings is 1. The van der Waals surface area contributed by atoms with Crippen molar-refractivity contribution >= 4 is 22.8 Å². The molecule has 9 nitrogen and oxygen atoms in total. The molecular formula is C17H22N6O3. The van der Waals surface area contributed by atoms with Gasteiger partial charge in [-0.05, 0) is 19.1 Å². The highest BCUT2D eigenvalue weighted by atomic mass is 16.5. The van der Waals surface area contributed by atoms with Crippen molar-refractivity contribution in [1.29, 1.82) is 0 Å². The van der Waals surface area contributed by atoms with Crippen molar-refractivity contribution in [3.63, 3.8) is 0 Å². The van der Waals surface area contributed by atoms with E-state index in [0.717, 1.165) is 5.56 Å². The van der Waals surface area contributed by atoms with Gasteiger partial charge in [-0.1, -0.05) is 6.07 Å². The summed E-state index contributed by atoms with van der Waals surface area (Å²) in [5.74, 6) is 2.04. The fraction of sp³-hybridized carbons (Fsp3) is 0.353. The molecule has 9 heteroatoms. The first-order valence-electron chi connectivity index (χ1n) is 8.14. The molecule has 2 aromatic heterocycles. The normalized spacial score (nSPS) is 12.2. The van der Waals surface area contributed by atoms with Crippen LogP contribution in [0.1, 0.15) is 12.5 Å². The maximum absolute atomic E-state index is 9.48. The second-order valence-electron chi connectivity index (χ2n) is 5.86. The number of ether oxygens (including phenoxy) is 2. The quantitative estimate of drug-likeness (QED) is 0.577. The van der Waals surface area contributed by atoms with Crippen molar-refractivity contribution in [2.75, 3.05) is 31.8 Å². The van der Waals surface area contributed by atoms with E-state index in [9.17, 15) is 5.11 Å². The summed E-state index contributed by atoms with van der Waals surface area (Å²) in [6.07, 6.45) is 1.26. The van der Waals surface area contributed by atoms with Crippen LogP contribution in [0.25, 0.3) is 11.0 Å². The molecule has 1 atom stereocenters. The number of nitrogens with two attached hydrogens (primary N) is 1. The number of hydrogen-bond donors (Lipinski definition) is 3. The zero-order valence-electron chi connectivity index (χ0n) is 14.9. The maximum atomic E-state index is 9.48. The van der Waals surface area contributed by atoms with E-state index in [0.29, 0.717) is 41.4 Å². The summed E-state index contributed by atoms with van der Waals surface area (Å²) in [6, 6.07) is 5.61. The Morgan fingerprint density at radius 1 is 1.23 bits per heavy atom. The van der Waals surface area contributed by atoms with E-state index in [1.54, 1.807) is 32.0 Å². The first-order chi connectivity index (χ1) is 12.5. The summed E-state index contributed by atoms with van der Waals surface area (Å²) in [4.78, 5) is 8.41. The van der Waals surface area contributed by atoms with Gasteiger partial charge >= 0.3 is 0 Å². The van der Waals surface area contributed by atoms with E-state index >= 15 is 0 Å². The SMILES string of the molecule is COc1cccc(OC)c1Cn1cc2nc(N)nc(NC[C@@H](C)O)c2n1. The number of fused-ring (bicyclic) bond motifs is 1. The molecule has 26 heavy (non-hydrogen) atoms. The Balaban J connectivity index is 1.99. The van der Waals surface area contributed by atoms with E-state index < -0.39 is 6.10 Å². The monoisotopic (exact) mass is 358 g/mol. The molecule has 0 saturated heterocycles. The molecule has 2 heterocycles. The number of nitrogen functional groups attached to an aromatic ring is 1. The Labute approximate surface area is 150 Å². The number of nitrogens with one attached hydrogen (secondary N) is 1. The predicted molar refractivity (Wildman–Crippen MR) is 98.6 cm³/mol. The van der Waals surface area contributed by atoms with Crippen molar-refractivity contribution < 1.29 is 14.6 Å². The highest BCUT2D eigenvalue weighted by molar-refractivity contribution is 5.85. The first-order valence-corrected chi connectivity index (χ1v) is 8.14. The minimum Gasteiger partial charge on any atom is -0.496 e. The van der Waals surface area contributed by atoms with Gasteiger partial charge in [0.05, 0.1) is 38.6 Å². The smallest absolute Gasteiger partial charge is 0.222 e. The first kappa shape index (κ1) is 17.7. The van der Waals surface area contributed by atoms with E-state index in [1.807, 2.05) is 18.2 Å². The standard InChI is InChI=1S/C17H22N6O3/c1-10(24)7-19-16-15-12(20-17(18)21-16)9-23(22-15)8-11-13(25-2)5-4-6-14(11)26-3/h4-6,9-10,24H,7-8H2,1-3H3,(H3,18,19,20,21)/t10-/m1/s1. The molecule has 4 N–H and O–H groups in total. The van der Waals surface area contributed by atoms with Gasteiger partial charge in [-0.15, -0.1) is 0 Å². The molecule has 0 unspecified atom stereocenters. The van der Waals surface area contributed by atoms with Gasteiger partial charge in [-0.3, -0.25) is 4.68 Å². The molecule has 138 valence electrons. The highest BCUT2D eigenvalue weighted by Gasteiger charge is 2.15. The highest BCUT2D eigenvalue weighted by Crippen LogP contribution is 2.29. The molecular weight excluding hydrogens is 336 g/mol. The molecule has 3 aromatic rings. The van der Waals surface area contributed by atoms with Crippen LogP contribution in [0, 0.1) is 0 Å². The fourth-order valence-corrected chi connectivity index (χ4v) is 2.67. The van der Waals surface area contributed by atoms with Crippen LogP contribution in [0.2, 0.25) is 0 Å². The topological polar surface area (TPSA) is 120 Å². The third-order valence-electron chi connectivity index (χ3n) is 3.84. The molecule has 1 aromatic carbocycles. The van der Waals surface area contributed by atoms with E-state index in [-0.39, 0.29) is 5.95 Å².